The van der Waals surface area contributed by atoms with Crippen molar-refractivity contribution < 1.29 is 0 Å². The molecule has 0 bridgehead atoms. The fraction of sp³-hybridized carbons (Fsp3) is 1.00. The molecule has 0 heterocycles. The highest BCUT2D eigenvalue weighted by molar-refractivity contribution is 4.94. The molecule has 0 radical (unpaired) electrons. The molecule has 0 aliphatic heterocycles. The average molecular weight is 196 g/mol. The van der Waals surface area contributed by atoms with Crippen molar-refractivity contribution in [1.29, 1.82) is 0 Å². The van der Waals surface area contributed by atoms with E-state index in [9.17, 15) is 0 Å². The Morgan fingerprint density at radius 1 is 1.21 bits per heavy atom. The summed E-state index contributed by atoms with van der Waals surface area (Å²) < 4.78 is 0. The molecule has 82 valence electrons. The Bertz CT molecular complexity index is 189. The van der Waals surface area contributed by atoms with Crippen molar-refractivity contribution in [3.8, 4) is 0 Å². The Labute approximate surface area is 87.8 Å². The van der Waals surface area contributed by atoms with Crippen molar-refractivity contribution in [2.45, 2.75) is 64.1 Å². The molecule has 3 atom stereocenters. The van der Waals surface area contributed by atoms with Gasteiger partial charge in [0, 0.05) is 18.1 Å². The van der Waals surface area contributed by atoms with Crippen LogP contribution >= 0.6 is 0 Å². The maximum Gasteiger partial charge on any atom is 0.0252 e. The van der Waals surface area contributed by atoms with Crippen LogP contribution in [-0.2, 0) is 0 Å². The molecular formula is C12H24N2. The molecule has 0 aromatic rings. The van der Waals surface area contributed by atoms with E-state index in [0.717, 1.165) is 12.0 Å². The molecule has 0 saturated heterocycles. The van der Waals surface area contributed by atoms with Crippen LogP contribution in [0, 0.1) is 5.92 Å². The van der Waals surface area contributed by atoms with Crippen molar-refractivity contribution in [1.82, 2.24) is 4.90 Å². The first kappa shape index (κ1) is 10.4. The van der Waals surface area contributed by atoms with E-state index in [2.05, 4.69) is 18.7 Å². The second kappa shape index (κ2) is 4.19. The van der Waals surface area contributed by atoms with Crippen molar-refractivity contribution in [2.24, 2.45) is 11.7 Å². The topological polar surface area (TPSA) is 29.3 Å². The third-order valence-corrected chi connectivity index (χ3v) is 3.94. The predicted octanol–water partition coefficient (Wildman–Crippen LogP) is 1.99. The maximum absolute atomic E-state index is 6.24. The molecule has 0 aromatic carbocycles. The van der Waals surface area contributed by atoms with Gasteiger partial charge < -0.3 is 5.73 Å². The Hall–Kier alpha value is -0.0800. The highest BCUT2D eigenvalue weighted by atomic mass is 15.2. The highest BCUT2D eigenvalue weighted by Gasteiger charge is 2.37. The zero-order valence-corrected chi connectivity index (χ0v) is 9.58. The van der Waals surface area contributed by atoms with Gasteiger partial charge in [-0.15, -0.1) is 0 Å². The Kier molecular flexibility index (Phi) is 3.13. The molecule has 0 spiro atoms. The first-order chi connectivity index (χ1) is 6.72. The van der Waals surface area contributed by atoms with E-state index in [4.69, 9.17) is 5.73 Å². The van der Waals surface area contributed by atoms with Gasteiger partial charge in [-0.3, -0.25) is 4.90 Å². The lowest BCUT2D eigenvalue weighted by atomic mass is 9.83. The van der Waals surface area contributed by atoms with Crippen molar-refractivity contribution >= 4 is 0 Å². The van der Waals surface area contributed by atoms with Gasteiger partial charge in [0.2, 0.25) is 0 Å². The van der Waals surface area contributed by atoms with E-state index in [1.54, 1.807) is 0 Å². The van der Waals surface area contributed by atoms with E-state index in [1.165, 1.54) is 38.6 Å². The van der Waals surface area contributed by atoms with Crippen LogP contribution in [-0.4, -0.2) is 29.6 Å². The van der Waals surface area contributed by atoms with E-state index in [-0.39, 0.29) is 0 Å². The first-order valence-electron chi connectivity index (χ1n) is 6.23. The molecule has 2 aliphatic rings. The van der Waals surface area contributed by atoms with Gasteiger partial charge >= 0.3 is 0 Å². The van der Waals surface area contributed by atoms with Gasteiger partial charge in [-0.25, -0.2) is 0 Å². The molecule has 2 saturated carbocycles. The quantitative estimate of drug-likeness (QED) is 0.748. The summed E-state index contributed by atoms with van der Waals surface area (Å²) >= 11 is 0. The molecular weight excluding hydrogens is 172 g/mol. The number of rotatable bonds is 3. The molecule has 2 fully saturated rings. The fourth-order valence-electron chi connectivity index (χ4n) is 2.93. The molecule has 2 N–H and O–H groups in total. The Balaban J connectivity index is 1.97. The summed E-state index contributed by atoms with van der Waals surface area (Å²) in [5.41, 5.74) is 6.24. The standard InChI is InChI=1S/C12H24N2/c1-3-14(10-5-6-10)12-8-9(2)4-7-11(12)13/h9-12H,3-8,13H2,1-2H3. The third-order valence-electron chi connectivity index (χ3n) is 3.94. The first-order valence-corrected chi connectivity index (χ1v) is 6.23. The fourth-order valence-corrected chi connectivity index (χ4v) is 2.93. The monoisotopic (exact) mass is 196 g/mol. The maximum atomic E-state index is 6.24. The summed E-state index contributed by atoms with van der Waals surface area (Å²) in [6.45, 7) is 5.85. The zero-order valence-electron chi connectivity index (χ0n) is 9.58. The third kappa shape index (κ3) is 2.12. The van der Waals surface area contributed by atoms with Crippen LogP contribution in [0.15, 0.2) is 0 Å². The smallest absolute Gasteiger partial charge is 0.0252 e. The zero-order chi connectivity index (χ0) is 10.1. The minimum absolute atomic E-state index is 0.437. The SMILES string of the molecule is CCN(C1CC1)C1CC(C)CCC1N. The molecule has 2 rings (SSSR count). The average Bonchev–Trinajstić information content (AvgIpc) is 2.96. The molecule has 2 heteroatoms. The minimum atomic E-state index is 0.437. The molecule has 0 amide bonds. The largest absolute Gasteiger partial charge is 0.326 e. The molecule has 2 aliphatic carbocycles. The van der Waals surface area contributed by atoms with Crippen LogP contribution in [0.1, 0.15) is 46.0 Å². The summed E-state index contributed by atoms with van der Waals surface area (Å²) in [5, 5.41) is 0. The molecule has 2 nitrogen and oxygen atoms in total. The number of nitrogens with zero attached hydrogens (tertiary/aromatic N) is 1. The van der Waals surface area contributed by atoms with Crippen LogP contribution in [0.25, 0.3) is 0 Å². The summed E-state index contributed by atoms with van der Waals surface area (Å²) in [6, 6.07) is 1.99. The van der Waals surface area contributed by atoms with Crippen LogP contribution in [0.3, 0.4) is 0 Å². The van der Waals surface area contributed by atoms with Gasteiger partial charge in [-0.05, 0) is 44.6 Å². The number of nitrogens with two attached hydrogens (primary N) is 1. The van der Waals surface area contributed by atoms with E-state index in [1.807, 2.05) is 0 Å². The van der Waals surface area contributed by atoms with Crippen molar-refractivity contribution in [3.63, 3.8) is 0 Å². The van der Waals surface area contributed by atoms with Gasteiger partial charge in [-0.1, -0.05) is 13.8 Å². The molecule has 0 aromatic heterocycles. The lowest BCUT2D eigenvalue weighted by molar-refractivity contribution is 0.114. The van der Waals surface area contributed by atoms with Gasteiger partial charge in [-0.2, -0.15) is 0 Å². The normalized spacial score (nSPS) is 39.0. The van der Waals surface area contributed by atoms with Gasteiger partial charge in [0.15, 0.2) is 0 Å². The van der Waals surface area contributed by atoms with Crippen LogP contribution < -0.4 is 5.73 Å². The lowest BCUT2D eigenvalue weighted by Crippen LogP contribution is -2.51. The van der Waals surface area contributed by atoms with Crippen molar-refractivity contribution in [2.75, 3.05) is 6.54 Å². The van der Waals surface area contributed by atoms with Crippen LogP contribution in [0.2, 0.25) is 0 Å². The van der Waals surface area contributed by atoms with Gasteiger partial charge in [0.05, 0.1) is 0 Å². The second-order valence-corrected chi connectivity index (χ2v) is 5.21. The van der Waals surface area contributed by atoms with Gasteiger partial charge in [0.25, 0.3) is 0 Å². The predicted molar refractivity (Wildman–Crippen MR) is 60.2 cm³/mol. The summed E-state index contributed by atoms with van der Waals surface area (Å²) in [6.07, 6.45) is 6.71. The summed E-state index contributed by atoms with van der Waals surface area (Å²) in [7, 11) is 0. The second-order valence-electron chi connectivity index (χ2n) is 5.21. The van der Waals surface area contributed by atoms with Crippen molar-refractivity contribution in [3.05, 3.63) is 0 Å². The van der Waals surface area contributed by atoms with E-state index in [0.29, 0.717) is 12.1 Å². The number of likely N-dealkylation sites (N-methyl/N-ethyl adjacent to an activating group) is 1. The van der Waals surface area contributed by atoms with Crippen LogP contribution in [0.5, 0.6) is 0 Å². The summed E-state index contributed by atoms with van der Waals surface area (Å²) in [4.78, 5) is 2.67. The highest BCUT2D eigenvalue weighted by Crippen LogP contribution is 2.34. The summed E-state index contributed by atoms with van der Waals surface area (Å²) in [5.74, 6) is 0.882. The minimum Gasteiger partial charge on any atom is -0.326 e. The van der Waals surface area contributed by atoms with Gasteiger partial charge in [0.1, 0.15) is 0 Å². The Morgan fingerprint density at radius 2 is 1.93 bits per heavy atom. The van der Waals surface area contributed by atoms with Crippen LogP contribution in [0.4, 0.5) is 0 Å². The molecule has 14 heavy (non-hydrogen) atoms. The Morgan fingerprint density at radius 3 is 2.50 bits per heavy atom. The number of hydrogen-bond donors (Lipinski definition) is 1. The lowest BCUT2D eigenvalue weighted by Gasteiger charge is -2.40. The number of hydrogen-bond acceptors (Lipinski definition) is 2. The van der Waals surface area contributed by atoms with E-state index >= 15 is 0 Å². The molecule has 3 unspecified atom stereocenters. The van der Waals surface area contributed by atoms with E-state index < -0.39 is 0 Å².